The third-order valence-electron chi connectivity index (χ3n) is 3.98. The summed E-state index contributed by atoms with van der Waals surface area (Å²) < 4.78 is 0. The van der Waals surface area contributed by atoms with Gasteiger partial charge in [0, 0.05) is 12.1 Å². The van der Waals surface area contributed by atoms with Crippen LogP contribution in [0.5, 0.6) is 0 Å². The highest BCUT2D eigenvalue weighted by atomic mass is 16.2. The van der Waals surface area contributed by atoms with Crippen LogP contribution in [-0.4, -0.2) is 42.9 Å². The zero-order valence-corrected chi connectivity index (χ0v) is 12.5. The number of hydrogen-bond acceptors (Lipinski definition) is 3. The van der Waals surface area contributed by atoms with Crippen molar-refractivity contribution in [3.8, 4) is 0 Å². The van der Waals surface area contributed by atoms with Gasteiger partial charge in [-0.05, 0) is 50.9 Å². The van der Waals surface area contributed by atoms with Crippen LogP contribution in [0.1, 0.15) is 35.2 Å². The maximum atomic E-state index is 12.8. The van der Waals surface area contributed by atoms with E-state index in [-0.39, 0.29) is 5.91 Å². The van der Waals surface area contributed by atoms with Crippen molar-refractivity contribution in [3.05, 3.63) is 35.4 Å². The Morgan fingerprint density at radius 2 is 2.10 bits per heavy atom. The van der Waals surface area contributed by atoms with Gasteiger partial charge in [0.15, 0.2) is 0 Å². The number of piperidine rings is 1. The highest BCUT2D eigenvalue weighted by molar-refractivity contribution is 5.98. The van der Waals surface area contributed by atoms with Gasteiger partial charge < -0.3 is 16.0 Å². The number of rotatable bonds is 5. The first-order valence-corrected chi connectivity index (χ1v) is 7.48. The predicted octanol–water partition coefficient (Wildman–Crippen LogP) is 0.928. The fraction of sp³-hybridized carbons (Fsp3) is 0.500. The van der Waals surface area contributed by atoms with E-state index in [9.17, 15) is 9.59 Å². The number of likely N-dealkylation sites (tertiary alicyclic amines) is 1. The van der Waals surface area contributed by atoms with Gasteiger partial charge in [-0.2, -0.15) is 0 Å². The second kappa shape index (κ2) is 7.22. The van der Waals surface area contributed by atoms with Crippen molar-refractivity contribution in [2.75, 3.05) is 20.1 Å². The van der Waals surface area contributed by atoms with Gasteiger partial charge in [-0.25, -0.2) is 0 Å². The Morgan fingerprint density at radius 3 is 2.81 bits per heavy atom. The topological polar surface area (TPSA) is 75.4 Å². The minimum absolute atomic E-state index is 0.0785. The molecule has 0 spiro atoms. The van der Waals surface area contributed by atoms with E-state index in [1.54, 1.807) is 4.90 Å². The van der Waals surface area contributed by atoms with Crippen molar-refractivity contribution < 1.29 is 9.59 Å². The Labute approximate surface area is 125 Å². The number of carbonyl (C=O) groups excluding carboxylic acids is 2. The molecule has 1 unspecified atom stereocenters. The van der Waals surface area contributed by atoms with E-state index in [0.29, 0.717) is 18.5 Å². The predicted molar refractivity (Wildman–Crippen MR) is 81.9 cm³/mol. The molecule has 2 rings (SSSR count). The summed E-state index contributed by atoms with van der Waals surface area (Å²) >= 11 is 0. The van der Waals surface area contributed by atoms with Crippen LogP contribution in [0.4, 0.5) is 0 Å². The maximum absolute atomic E-state index is 12.8. The number of nitrogens with two attached hydrogens (primary N) is 1. The lowest BCUT2D eigenvalue weighted by atomic mass is 9.98. The lowest BCUT2D eigenvalue weighted by Crippen LogP contribution is -2.50. The van der Waals surface area contributed by atoms with Crippen molar-refractivity contribution >= 4 is 11.8 Å². The fourth-order valence-electron chi connectivity index (χ4n) is 2.83. The molecular formula is C16H23N3O2. The molecule has 1 heterocycles. The zero-order chi connectivity index (χ0) is 15.2. The first-order chi connectivity index (χ1) is 10.1. The third kappa shape index (κ3) is 3.61. The quantitative estimate of drug-likeness (QED) is 0.846. The maximum Gasteiger partial charge on any atom is 0.254 e. The average molecular weight is 289 g/mol. The number of nitrogens with one attached hydrogen (secondary N) is 1. The third-order valence-corrected chi connectivity index (χ3v) is 3.98. The van der Waals surface area contributed by atoms with E-state index < -0.39 is 11.9 Å². The molecule has 5 nitrogen and oxygen atoms in total. The van der Waals surface area contributed by atoms with Gasteiger partial charge in [0.25, 0.3) is 5.91 Å². The standard InChI is InChI=1S/C16H23N3O2/c1-18-10-9-12-6-2-3-7-13(12)16(21)19-11-5-4-8-14(19)15(17)20/h2-3,6-7,14,18H,4-5,8-11H2,1H3,(H2,17,20). The number of carbonyl (C=O) groups is 2. The first kappa shape index (κ1) is 15.5. The molecule has 1 aromatic carbocycles. The van der Waals surface area contributed by atoms with E-state index in [0.717, 1.165) is 31.4 Å². The summed E-state index contributed by atoms with van der Waals surface area (Å²) in [5.74, 6) is -0.485. The molecule has 1 saturated heterocycles. The summed E-state index contributed by atoms with van der Waals surface area (Å²) in [6.07, 6.45) is 3.32. The largest absolute Gasteiger partial charge is 0.368 e. The molecule has 1 fully saturated rings. The number of hydrogen-bond donors (Lipinski definition) is 2. The molecule has 0 saturated carbocycles. The van der Waals surface area contributed by atoms with Gasteiger partial charge in [-0.15, -0.1) is 0 Å². The minimum atomic E-state index is -0.469. The molecule has 5 heteroatoms. The summed E-state index contributed by atoms with van der Waals surface area (Å²) in [5.41, 5.74) is 7.14. The monoisotopic (exact) mass is 289 g/mol. The number of amides is 2. The van der Waals surface area contributed by atoms with Crippen molar-refractivity contribution in [1.29, 1.82) is 0 Å². The number of nitrogens with zero attached hydrogens (tertiary/aromatic N) is 1. The van der Waals surface area contributed by atoms with E-state index in [4.69, 9.17) is 5.73 Å². The molecule has 0 aliphatic carbocycles. The normalized spacial score (nSPS) is 18.5. The summed E-state index contributed by atoms with van der Waals surface area (Å²) in [5, 5.41) is 3.09. The van der Waals surface area contributed by atoms with Crippen molar-refractivity contribution in [2.24, 2.45) is 5.73 Å². The van der Waals surface area contributed by atoms with Crippen LogP contribution in [0, 0.1) is 0 Å². The second-order valence-electron chi connectivity index (χ2n) is 5.42. The Bertz CT molecular complexity index is 516. The van der Waals surface area contributed by atoms with Crippen LogP contribution in [-0.2, 0) is 11.2 Å². The molecule has 114 valence electrons. The molecule has 0 radical (unpaired) electrons. The average Bonchev–Trinajstić information content (AvgIpc) is 2.52. The Morgan fingerprint density at radius 1 is 1.33 bits per heavy atom. The second-order valence-corrected chi connectivity index (χ2v) is 5.42. The van der Waals surface area contributed by atoms with E-state index in [1.807, 2.05) is 31.3 Å². The fourth-order valence-corrected chi connectivity index (χ4v) is 2.83. The first-order valence-electron chi connectivity index (χ1n) is 7.48. The van der Waals surface area contributed by atoms with Gasteiger partial charge in [0.2, 0.25) is 5.91 Å². The lowest BCUT2D eigenvalue weighted by molar-refractivity contribution is -0.123. The molecule has 0 aromatic heterocycles. The molecule has 1 aliphatic rings. The summed E-state index contributed by atoms with van der Waals surface area (Å²) in [7, 11) is 1.89. The van der Waals surface area contributed by atoms with Gasteiger partial charge in [0.05, 0.1) is 0 Å². The van der Waals surface area contributed by atoms with Crippen molar-refractivity contribution in [3.63, 3.8) is 0 Å². The Hall–Kier alpha value is -1.88. The van der Waals surface area contributed by atoms with Gasteiger partial charge >= 0.3 is 0 Å². The molecule has 2 amide bonds. The highest BCUT2D eigenvalue weighted by Gasteiger charge is 2.31. The van der Waals surface area contributed by atoms with Crippen molar-refractivity contribution in [1.82, 2.24) is 10.2 Å². The van der Waals surface area contributed by atoms with Crippen LogP contribution in [0.15, 0.2) is 24.3 Å². The number of likely N-dealkylation sites (N-methyl/N-ethyl adjacent to an activating group) is 1. The Balaban J connectivity index is 2.24. The summed E-state index contributed by atoms with van der Waals surface area (Å²) in [6.45, 7) is 1.41. The smallest absolute Gasteiger partial charge is 0.254 e. The molecule has 1 aromatic rings. The molecule has 1 aliphatic heterocycles. The Kier molecular flexibility index (Phi) is 5.33. The van der Waals surface area contributed by atoms with Gasteiger partial charge in [-0.1, -0.05) is 18.2 Å². The van der Waals surface area contributed by atoms with Gasteiger partial charge in [-0.3, -0.25) is 9.59 Å². The highest BCUT2D eigenvalue weighted by Crippen LogP contribution is 2.21. The van der Waals surface area contributed by atoms with E-state index in [1.165, 1.54) is 0 Å². The lowest BCUT2D eigenvalue weighted by Gasteiger charge is -2.34. The van der Waals surface area contributed by atoms with Crippen LogP contribution in [0.3, 0.4) is 0 Å². The van der Waals surface area contributed by atoms with E-state index >= 15 is 0 Å². The number of benzene rings is 1. The number of primary amides is 1. The van der Waals surface area contributed by atoms with Crippen molar-refractivity contribution in [2.45, 2.75) is 31.7 Å². The molecular weight excluding hydrogens is 266 g/mol. The van der Waals surface area contributed by atoms with E-state index in [2.05, 4.69) is 5.32 Å². The van der Waals surface area contributed by atoms with Gasteiger partial charge in [0.1, 0.15) is 6.04 Å². The SMILES string of the molecule is CNCCc1ccccc1C(=O)N1CCCCC1C(N)=O. The zero-order valence-electron chi connectivity index (χ0n) is 12.5. The molecule has 3 N–H and O–H groups in total. The van der Waals surface area contributed by atoms with Crippen LogP contribution in [0.25, 0.3) is 0 Å². The summed E-state index contributed by atoms with van der Waals surface area (Å²) in [4.78, 5) is 26.0. The minimum Gasteiger partial charge on any atom is -0.368 e. The van der Waals surface area contributed by atoms with Crippen LogP contribution >= 0.6 is 0 Å². The summed E-state index contributed by atoms with van der Waals surface area (Å²) in [6, 6.07) is 7.13. The molecule has 21 heavy (non-hydrogen) atoms. The van der Waals surface area contributed by atoms with Crippen LogP contribution < -0.4 is 11.1 Å². The molecule has 1 atom stereocenters. The van der Waals surface area contributed by atoms with Crippen LogP contribution in [0.2, 0.25) is 0 Å². The molecule has 0 bridgehead atoms.